The summed E-state index contributed by atoms with van der Waals surface area (Å²) in [4.78, 5) is 37.6. The molecule has 0 radical (unpaired) electrons. The monoisotopic (exact) mass is 1230 g/mol. The van der Waals surface area contributed by atoms with Gasteiger partial charge in [0.1, 0.15) is 13.2 Å². The number of quaternary nitrogens is 1. The van der Waals surface area contributed by atoms with Gasteiger partial charge in [-0.15, -0.1) is 0 Å². The Labute approximate surface area is 545 Å². The summed E-state index contributed by atoms with van der Waals surface area (Å²) in [6.45, 7) is 4.61. The lowest BCUT2D eigenvalue weighted by atomic mass is 10.1. The summed E-state index contributed by atoms with van der Waals surface area (Å²) in [6.07, 6.45) is 101. The zero-order valence-corrected chi connectivity index (χ0v) is 57.0. The Morgan fingerprint density at radius 3 is 0.899 bits per heavy atom. The SMILES string of the molecule is CC/C=C\C/C=C\C/C=C\C/C=C\C/C=C\C/C=C\C/C=C\C/C=C\C/C=C\CCCCCCCCCC(=O)OC(COC(=O)CCCCCCCCCCCC/C=C\C/C=C\C/C=C\C/C=C\C/C=C\C/C=C\CC)COC(OCC[N+](C)(C)C)C(=O)O. The molecule has 0 heterocycles. The minimum absolute atomic E-state index is 0.174. The summed E-state index contributed by atoms with van der Waals surface area (Å²) in [5, 5.41) is 9.75. The number of aliphatic carboxylic acids is 1. The fourth-order valence-corrected chi connectivity index (χ4v) is 8.89. The topological polar surface area (TPSA) is 108 Å². The highest BCUT2D eigenvalue weighted by Crippen LogP contribution is 2.15. The van der Waals surface area contributed by atoms with Crippen LogP contribution in [0, 0.1) is 0 Å². The largest absolute Gasteiger partial charge is 0.477 e. The number of hydrogen-bond acceptors (Lipinski definition) is 7. The summed E-state index contributed by atoms with van der Waals surface area (Å²) in [6, 6.07) is 0. The van der Waals surface area contributed by atoms with Crippen molar-refractivity contribution in [2.24, 2.45) is 0 Å². The average Bonchev–Trinajstić information content (AvgIpc) is 3.64. The Hall–Kier alpha value is -5.61. The van der Waals surface area contributed by atoms with E-state index in [-0.39, 0.29) is 38.6 Å². The van der Waals surface area contributed by atoms with E-state index in [1.54, 1.807) is 0 Å². The van der Waals surface area contributed by atoms with Crippen molar-refractivity contribution in [1.29, 1.82) is 0 Å². The number of carboxylic acid groups (broad SMARTS) is 1. The predicted octanol–water partition coefficient (Wildman–Crippen LogP) is 22.0. The summed E-state index contributed by atoms with van der Waals surface area (Å²) in [7, 11) is 5.96. The molecule has 0 saturated carbocycles. The van der Waals surface area contributed by atoms with Crippen LogP contribution in [-0.4, -0.2) is 87.4 Å². The Morgan fingerprint density at radius 2 is 0.607 bits per heavy atom. The van der Waals surface area contributed by atoms with Crippen LogP contribution in [0.3, 0.4) is 0 Å². The summed E-state index contributed by atoms with van der Waals surface area (Å²) in [5.74, 6) is -2.04. The van der Waals surface area contributed by atoms with E-state index in [0.29, 0.717) is 17.4 Å². The maximum absolute atomic E-state index is 12.9. The minimum atomic E-state index is -1.53. The number of carbonyl (C=O) groups is 3. The Morgan fingerprint density at radius 1 is 0.337 bits per heavy atom. The first-order valence-corrected chi connectivity index (χ1v) is 34.9. The molecule has 9 nitrogen and oxygen atoms in total. The lowest BCUT2D eigenvalue weighted by molar-refractivity contribution is -0.870. The molecular formula is C80H128NO8+. The van der Waals surface area contributed by atoms with Gasteiger partial charge < -0.3 is 28.5 Å². The highest BCUT2D eigenvalue weighted by atomic mass is 16.7. The van der Waals surface area contributed by atoms with Gasteiger partial charge in [-0.3, -0.25) is 9.59 Å². The van der Waals surface area contributed by atoms with Crippen molar-refractivity contribution < 1.29 is 42.9 Å². The van der Waals surface area contributed by atoms with E-state index in [4.69, 9.17) is 18.9 Å². The van der Waals surface area contributed by atoms with Gasteiger partial charge in [-0.1, -0.05) is 280 Å². The second-order valence-electron chi connectivity index (χ2n) is 23.7. The van der Waals surface area contributed by atoms with E-state index < -0.39 is 24.3 Å². The van der Waals surface area contributed by atoms with Crippen LogP contribution >= 0.6 is 0 Å². The van der Waals surface area contributed by atoms with E-state index in [0.717, 1.165) is 154 Å². The number of hydrogen-bond donors (Lipinski definition) is 1. The van der Waals surface area contributed by atoms with Crippen molar-refractivity contribution in [2.75, 3.05) is 47.5 Å². The molecule has 0 aromatic carbocycles. The highest BCUT2D eigenvalue weighted by molar-refractivity contribution is 5.71. The van der Waals surface area contributed by atoms with Crippen molar-refractivity contribution in [3.63, 3.8) is 0 Å². The van der Waals surface area contributed by atoms with Gasteiger partial charge in [-0.05, 0) is 135 Å². The van der Waals surface area contributed by atoms with Gasteiger partial charge in [0, 0.05) is 12.8 Å². The van der Waals surface area contributed by atoms with E-state index in [9.17, 15) is 19.5 Å². The first-order chi connectivity index (χ1) is 43.6. The molecular weight excluding hydrogens is 1100 g/mol. The molecule has 0 bridgehead atoms. The summed E-state index contributed by atoms with van der Waals surface area (Å²) < 4.78 is 22.9. The second kappa shape index (κ2) is 68.3. The number of likely N-dealkylation sites (N-methyl/N-ethyl adjacent to an activating group) is 1. The third kappa shape index (κ3) is 69.7. The first kappa shape index (κ1) is 83.4. The van der Waals surface area contributed by atoms with E-state index in [1.807, 2.05) is 21.1 Å². The fourth-order valence-electron chi connectivity index (χ4n) is 8.89. The van der Waals surface area contributed by atoms with Crippen molar-refractivity contribution >= 4 is 17.9 Å². The van der Waals surface area contributed by atoms with Crippen LogP contribution in [0.25, 0.3) is 0 Å². The quantitative estimate of drug-likeness (QED) is 0.0211. The number of nitrogens with zero attached hydrogens (tertiary/aromatic N) is 1. The lowest BCUT2D eigenvalue weighted by Crippen LogP contribution is -2.40. The summed E-state index contributed by atoms with van der Waals surface area (Å²) in [5.41, 5.74) is 0. The van der Waals surface area contributed by atoms with Gasteiger partial charge in [0.15, 0.2) is 6.10 Å². The van der Waals surface area contributed by atoms with Gasteiger partial charge in [-0.2, -0.15) is 0 Å². The first-order valence-electron chi connectivity index (χ1n) is 34.9. The number of rotatable bonds is 62. The second-order valence-corrected chi connectivity index (χ2v) is 23.7. The number of esters is 2. The average molecular weight is 1230 g/mol. The molecule has 0 aromatic heterocycles. The number of unbranched alkanes of at least 4 members (excludes halogenated alkanes) is 17. The minimum Gasteiger partial charge on any atom is -0.477 e. The molecule has 2 unspecified atom stereocenters. The molecule has 0 amide bonds. The fraction of sp³-hybridized carbons (Fsp3) is 0.588. The van der Waals surface area contributed by atoms with Crippen LogP contribution < -0.4 is 0 Å². The molecule has 9 heteroatoms. The number of allylic oxidation sites excluding steroid dienone is 30. The number of ether oxygens (including phenoxy) is 4. The van der Waals surface area contributed by atoms with Gasteiger partial charge in [0.05, 0.1) is 34.4 Å². The van der Waals surface area contributed by atoms with Gasteiger partial charge in [0.25, 0.3) is 6.29 Å². The van der Waals surface area contributed by atoms with E-state index >= 15 is 0 Å². The van der Waals surface area contributed by atoms with Gasteiger partial charge >= 0.3 is 17.9 Å². The molecule has 2 atom stereocenters. The molecule has 0 aliphatic heterocycles. The van der Waals surface area contributed by atoms with Crippen LogP contribution in [0.4, 0.5) is 0 Å². The highest BCUT2D eigenvalue weighted by Gasteiger charge is 2.25. The molecule has 0 fully saturated rings. The standard InChI is InChI=1S/C80H127NO8/c1-6-8-10-12-14-16-18-20-22-24-26-28-30-32-34-36-37-38-39-40-41-43-45-47-49-51-53-55-57-59-61-63-65-67-69-71-78(83)89-76(75-88-80(79(84)85)86-73-72-81(3,4)5)74-87-77(82)70-68-66-64-62-60-58-56-54-52-50-48-46-44-42-35-33-31-29-27-25-23-21-19-17-15-13-11-9-7-2/h8-11,14-17,20-23,26-29,32-35,37-38,40-41,44-47,51,53,76,80H,6-7,12-13,18-19,24-25,30-31,36,39,42-43,48-50,52,54-75H2,1-5H3/p+1/b10-8-,11-9-,16-14-,17-15-,22-20-,23-21-,28-26-,29-27-,34-32-,35-33-,38-37-,41-40-,46-44-,47-45-,53-51-. The van der Waals surface area contributed by atoms with Crippen molar-refractivity contribution in [3.05, 3.63) is 182 Å². The van der Waals surface area contributed by atoms with Crippen molar-refractivity contribution in [1.82, 2.24) is 0 Å². The lowest BCUT2D eigenvalue weighted by Gasteiger charge is -2.25. The molecule has 1 N–H and O–H groups in total. The smallest absolute Gasteiger partial charge is 0.361 e. The van der Waals surface area contributed by atoms with Crippen LogP contribution in [0.15, 0.2) is 182 Å². The molecule has 500 valence electrons. The van der Waals surface area contributed by atoms with Crippen molar-refractivity contribution in [2.45, 2.75) is 257 Å². The number of carbonyl (C=O) groups excluding carboxylic acids is 2. The predicted molar refractivity (Wildman–Crippen MR) is 382 cm³/mol. The van der Waals surface area contributed by atoms with Crippen LogP contribution in [0.5, 0.6) is 0 Å². The molecule has 0 rings (SSSR count). The maximum atomic E-state index is 12.9. The zero-order valence-electron chi connectivity index (χ0n) is 57.0. The third-order valence-electron chi connectivity index (χ3n) is 14.2. The molecule has 0 saturated heterocycles. The normalized spacial score (nSPS) is 13.9. The Kier molecular flexibility index (Phi) is 64.0. The summed E-state index contributed by atoms with van der Waals surface area (Å²) >= 11 is 0. The van der Waals surface area contributed by atoms with E-state index in [2.05, 4.69) is 196 Å². The zero-order chi connectivity index (χ0) is 64.7. The Balaban J connectivity index is 4.24. The Bertz CT molecular complexity index is 2120. The van der Waals surface area contributed by atoms with E-state index in [1.165, 1.54) is 57.8 Å². The van der Waals surface area contributed by atoms with Gasteiger partial charge in [-0.25, -0.2) is 4.79 Å². The van der Waals surface area contributed by atoms with Crippen LogP contribution in [-0.2, 0) is 33.3 Å². The number of carboxylic acids is 1. The van der Waals surface area contributed by atoms with Crippen LogP contribution in [0.1, 0.15) is 245 Å². The maximum Gasteiger partial charge on any atom is 0.361 e. The third-order valence-corrected chi connectivity index (χ3v) is 14.2. The molecule has 89 heavy (non-hydrogen) atoms. The van der Waals surface area contributed by atoms with Crippen molar-refractivity contribution in [3.8, 4) is 0 Å². The van der Waals surface area contributed by atoms with Gasteiger partial charge in [0.2, 0.25) is 0 Å². The molecule has 0 aliphatic carbocycles. The molecule has 0 aromatic rings. The molecule has 0 spiro atoms. The van der Waals surface area contributed by atoms with Crippen LogP contribution in [0.2, 0.25) is 0 Å². The molecule has 0 aliphatic rings.